The lowest BCUT2D eigenvalue weighted by atomic mass is 9.77. The van der Waals surface area contributed by atoms with Crippen LogP contribution in [0.3, 0.4) is 0 Å². The Morgan fingerprint density at radius 3 is 2.87 bits per heavy atom. The fourth-order valence-electron chi connectivity index (χ4n) is 3.74. The van der Waals surface area contributed by atoms with Crippen molar-refractivity contribution in [3.8, 4) is 5.75 Å². The van der Waals surface area contributed by atoms with Crippen molar-refractivity contribution in [2.45, 2.75) is 24.8 Å². The first-order valence-electron chi connectivity index (χ1n) is 8.07. The first kappa shape index (κ1) is 16.6. The lowest BCUT2D eigenvalue weighted by molar-refractivity contribution is -0.0679. The number of methoxy groups -OCH3 is 1. The van der Waals surface area contributed by atoms with E-state index in [1.807, 2.05) is 4.90 Å². The number of likely N-dealkylation sites (tertiary alicyclic amines) is 2. The molecular formula is C17H23ClN2O3. The summed E-state index contributed by atoms with van der Waals surface area (Å²) in [5, 5.41) is 10.4. The summed E-state index contributed by atoms with van der Waals surface area (Å²) in [7, 11) is 1.71. The smallest absolute Gasteiger partial charge is 0.257 e. The Morgan fingerprint density at radius 1 is 1.39 bits per heavy atom. The van der Waals surface area contributed by atoms with Crippen LogP contribution in [0.25, 0.3) is 0 Å². The highest BCUT2D eigenvalue weighted by Gasteiger charge is 2.47. The second kappa shape index (κ2) is 6.67. The molecule has 0 bridgehead atoms. The monoisotopic (exact) mass is 338 g/mol. The number of benzene rings is 1. The zero-order valence-corrected chi connectivity index (χ0v) is 14.2. The molecule has 0 aliphatic carbocycles. The Labute approximate surface area is 141 Å². The van der Waals surface area contributed by atoms with Crippen LogP contribution in [0.1, 0.15) is 29.6 Å². The standard InChI is InChI=1S/C17H23ClN2O3/c1-23-10-9-20-8-6-17(20)5-2-7-19(12-17)16(22)14-4-3-13(18)11-15(14)21/h3-4,11,21H,2,5-10,12H2,1H3/t17-/m0/s1. The van der Waals surface area contributed by atoms with Gasteiger partial charge in [0.05, 0.1) is 12.2 Å². The Balaban J connectivity index is 1.72. The highest BCUT2D eigenvalue weighted by Crippen LogP contribution is 2.39. The summed E-state index contributed by atoms with van der Waals surface area (Å²) in [5.41, 5.74) is 0.420. The van der Waals surface area contributed by atoms with Gasteiger partial charge in [-0.1, -0.05) is 11.6 Å². The van der Waals surface area contributed by atoms with Crippen LogP contribution in [0.4, 0.5) is 0 Å². The molecule has 0 unspecified atom stereocenters. The molecule has 1 aromatic rings. The van der Waals surface area contributed by atoms with Crippen LogP contribution >= 0.6 is 11.6 Å². The number of aromatic hydroxyl groups is 1. The lowest BCUT2D eigenvalue weighted by Crippen LogP contribution is -2.67. The molecule has 2 aliphatic heterocycles. The number of phenols is 1. The van der Waals surface area contributed by atoms with Crippen LogP contribution < -0.4 is 0 Å². The van der Waals surface area contributed by atoms with Gasteiger partial charge in [0.1, 0.15) is 5.75 Å². The summed E-state index contributed by atoms with van der Waals surface area (Å²) in [6.07, 6.45) is 3.23. The molecule has 2 aliphatic rings. The molecule has 6 heteroatoms. The minimum absolute atomic E-state index is 0.0491. The number of nitrogens with zero attached hydrogens (tertiary/aromatic N) is 2. The molecule has 2 fully saturated rings. The zero-order valence-electron chi connectivity index (χ0n) is 13.4. The Morgan fingerprint density at radius 2 is 2.22 bits per heavy atom. The normalized spacial score (nSPS) is 24.7. The van der Waals surface area contributed by atoms with Gasteiger partial charge in [0, 0.05) is 43.9 Å². The van der Waals surface area contributed by atoms with Crippen LogP contribution in [0.15, 0.2) is 18.2 Å². The summed E-state index contributed by atoms with van der Waals surface area (Å²) >= 11 is 5.85. The summed E-state index contributed by atoms with van der Waals surface area (Å²) in [6.45, 7) is 4.15. The van der Waals surface area contributed by atoms with Crippen LogP contribution in [-0.4, -0.2) is 66.2 Å². The van der Waals surface area contributed by atoms with Crippen molar-refractivity contribution >= 4 is 17.5 Å². The molecule has 2 saturated heterocycles. The van der Waals surface area contributed by atoms with Crippen molar-refractivity contribution in [2.24, 2.45) is 0 Å². The van der Waals surface area contributed by atoms with E-state index in [9.17, 15) is 9.90 Å². The van der Waals surface area contributed by atoms with Gasteiger partial charge in [-0.25, -0.2) is 0 Å². The first-order valence-corrected chi connectivity index (χ1v) is 8.45. The summed E-state index contributed by atoms with van der Waals surface area (Å²) in [6, 6.07) is 4.66. The number of piperidine rings is 1. The first-order chi connectivity index (χ1) is 11.1. The maximum absolute atomic E-state index is 12.8. The maximum atomic E-state index is 12.8. The molecule has 0 aromatic heterocycles. The fourth-order valence-corrected chi connectivity index (χ4v) is 3.91. The molecule has 23 heavy (non-hydrogen) atoms. The third-order valence-electron chi connectivity index (χ3n) is 5.12. The molecule has 1 aromatic carbocycles. The third-order valence-corrected chi connectivity index (χ3v) is 5.35. The van der Waals surface area contributed by atoms with Gasteiger partial charge in [-0.05, 0) is 37.5 Å². The second-order valence-electron chi connectivity index (χ2n) is 6.45. The Bertz CT molecular complexity index is 595. The third kappa shape index (κ3) is 3.18. The topological polar surface area (TPSA) is 53.0 Å². The van der Waals surface area contributed by atoms with E-state index in [0.29, 0.717) is 17.2 Å². The number of carbonyl (C=O) groups excluding carboxylic acids is 1. The maximum Gasteiger partial charge on any atom is 0.257 e. The molecule has 0 saturated carbocycles. The number of rotatable bonds is 4. The summed E-state index contributed by atoms with van der Waals surface area (Å²) in [5.74, 6) is -0.163. The molecule has 126 valence electrons. The molecule has 3 rings (SSSR count). The number of carbonyl (C=O) groups is 1. The molecule has 1 spiro atoms. The number of amides is 1. The molecule has 1 N–H and O–H groups in total. The Hall–Kier alpha value is -1.30. The minimum atomic E-state index is -0.114. The number of halogens is 1. The molecule has 0 radical (unpaired) electrons. The highest BCUT2D eigenvalue weighted by molar-refractivity contribution is 6.30. The average molecular weight is 339 g/mol. The zero-order chi connectivity index (χ0) is 16.4. The van der Waals surface area contributed by atoms with E-state index in [0.717, 1.165) is 45.4 Å². The van der Waals surface area contributed by atoms with Gasteiger partial charge in [-0.15, -0.1) is 0 Å². The van der Waals surface area contributed by atoms with E-state index in [-0.39, 0.29) is 17.2 Å². The minimum Gasteiger partial charge on any atom is -0.507 e. The SMILES string of the molecule is COCCN1CC[C@]12CCCN(C(=O)c1ccc(Cl)cc1O)C2. The van der Waals surface area contributed by atoms with E-state index >= 15 is 0 Å². The highest BCUT2D eigenvalue weighted by atomic mass is 35.5. The summed E-state index contributed by atoms with van der Waals surface area (Å²) < 4.78 is 5.18. The van der Waals surface area contributed by atoms with Crippen molar-refractivity contribution in [3.05, 3.63) is 28.8 Å². The molecule has 1 amide bonds. The van der Waals surface area contributed by atoms with Crippen molar-refractivity contribution < 1.29 is 14.6 Å². The van der Waals surface area contributed by atoms with Gasteiger partial charge in [0.25, 0.3) is 5.91 Å². The fraction of sp³-hybridized carbons (Fsp3) is 0.588. The van der Waals surface area contributed by atoms with E-state index in [2.05, 4.69) is 4.90 Å². The predicted molar refractivity (Wildman–Crippen MR) is 89.1 cm³/mol. The van der Waals surface area contributed by atoms with Gasteiger partial charge in [0.2, 0.25) is 0 Å². The number of hydrogen-bond donors (Lipinski definition) is 1. The quantitative estimate of drug-likeness (QED) is 0.915. The van der Waals surface area contributed by atoms with Crippen LogP contribution in [0.2, 0.25) is 5.02 Å². The van der Waals surface area contributed by atoms with E-state index in [1.165, 1.54) is 6.07 Å². The largest absolute Gasteiger partial charge is 0.507 e. The van der Waals surface area contributed by atoms with Gasteiger partial charge in [-0.2, -0.15) is 0 Å². The van der Waals surface area contributed by atoms with E-state index < -0.39 is 0 Å². The van der Waals surface area contributed by atoms with Crippen molar-refractivity contribution in [1.29, 1.82) is 0 Å². The molecule has 5 nitrogen and oxygen atoms in total. The van der Waals surface area contributed by atoms with Gasteiger partial charge in [-0.3, -0.25) is 9.69 Å². The predicted octanol–water partition coefficient (Wildman–Crippen LogP) is 2.37. The van der Waals surface area contributed by atoms with Crippen molar-refractivity contribution in [1.82, 2.24) is 9.80 Å². The Kier molecular flexibility index (Phi) is 4.80. The number of phenolic OH excluding ortho intramolecular Hbond substituents is 1. The average Bonchev–Trinajstić information content (AvgIpc) is 2.54. The molecular weight excluding hydrogens is 316 g/mol. The number of ether oxygens (including phenoxy) is 1. The molecule has 1 atom stereocenters. The van der Waals surface area contributed by atoms with Crippen molar-refractivity contribution in [2.75, 3.05) is 39.9 Å². The van der Waals surface area contributed by atoms with Crippen LogP contribution in [0.5, 0.6) is 5.75 Å². The molecule has 2 heterocycles. The lowest BCUT2D eigenvalue weighted by Gasteiger charge is -2.57. The van der Waals surface area contributed by atoms with Gasteiger partial charge >= 0.3 is 0 Å². The van der Waals surface area contributed by atoms with Gasteiger partial charge < -0.3 is 14.7 Å². The van der Waals surface area contributed by atoms with Crippen LogP contribution in [0, 0.1) is 0 Å². The summed E-state index contributed by atoms with van der Waals surface area (Å²) in [4.78, 5) is 17.1. The van der Waals surface area contributed by atoms with Crippen LogP contribution in [-0.2, 0) is 4.74 Å². The second-order valence-corrected chi connectivity index (χ2v) is 6.88. The number of hydrogen-bond acceptors (Lipinski definition) is 4. The van der Waals surface area contributed by atoms with E-state index in [4.69, 9.17) is 16.3 Å². The van der Waals surface area contributed by atoms with Crippen molar-refractivity contribution in [3.63, 3.8) is 0 Å². The van der Waals surface area contributed by atoms with Gasteiger partial charge in [0.15, 0.2) is 0 Å². The van der Waals surface area contributed by atoms with E-state index in [1.54, 1.807) is 19.2 Å².